The Hall–Kier alpha value is -5.02. The highest BCUT2D eigenvalue weighted by atomic mass is 35.7. The minimum Gasteiger partial charge on any atom is -0.474 e. The fraction of sp³-hybridized carbons (Fsp3) is 0.571. The first kappa shape index (κ1) is 57.2. The van der Waals surface area contributed by atoms with Crippen LogP contribution in [0.3, 0.4) is 0 Å². The van der Waals surface area contributed by atoms with Gasteiger partial charge in [-0.1, -0.05) is 0 Å². The molecule has 2 aromatic carbocycles. The normalized spacial score (nSPS) is 19.1. The average Bonchev–Trinajstić information content (AvgIpc) is 4.15. The van der Waals surface area contributed by atoms with Gasteiger partial charge in [0.25, 0.3) is 0 Å². The van der Waals surface area contributed by atoms with Crippen LogP contribution in [0, 0.1) is 25.5 Å². The highest BCUT2D eigenvalue weighted by Gasteiger charge is 2.42. The topological polar surface area (TPSA) is 263 Å². The Morgan fingerprint density at radius 1 is 0.592 bits per heavy atom. The Morgan fingerprint density at radius 2 is 0.987 bits per heavy atom. The summed E-state index contributed by atoms with van der Waals surface area (Å²) in [4.78, 5) is 30.7. The van der Waals surface area contributed by atoms with E-state index in [1.165, 1.54) is 36.9 Å². The zero-order valence-electron chi connectivity index (χ0n) is 42.7. The molecule has 1 amide bonds. The largest absolute Gasteiger partial charge is 0.474 e. The Kier molecular flexibility index (Phi) is 17.1. The van der Waals surface area contributed by atoms with Crippen LogP contribution in [-0.4, -0.2) is 134 Å². The number of nitrogens with one attached hydrogen (secondary N) is 2. The van der Waals surface area contributed by atoms with Crippen molar-refractivity contribution in [1.29, 1.82) is 0 Å². The van der Waals surface area contributed by atoms with Crippen LogP contribution in [0.25, 0.3) is 0 Å². The predicted molar refractivity (Wildman–Crippen MR) is 280 cm³/mol. The van der Waals surface area contributed by atoms with Gasteiger partial charge in [0.15, 0.2) is 19.7 Å². The van der Waals surface area contributed by atoms with Crippen molar-refractivity contribution in [3.63, 3.8) is 0 Å². The van der Waals surface area contributed by atoms with Gasteiger partial charge in [0, 0.05) is 49.7 Å². The van der Waals surface area contributed by atoms with Crippen molar-refractivity contribution in [3.05, 3.63) is 71.8 Å². The predicted octanol–water partition coefficient (Wildman–Crippen LogP) is 8.04. The van der Waals surface area contributed by atoms with Gasteiger partial charge in [-0.3, -0.25) is 0 Å². The maximum absolute atomic E-state index is 14.7. The molecule has 4 saturated carbocycles. The van der Waals surface area contributed by atoms with E-state index < -0.39 is 66.5 Å². The van der Waals surface area contributed by atoms with Crippen LogP contribution in [0.1, 0.15) is 109 Å². The zero-order chi connectivity index (χ0) is 55.0. The molecular weight excluding hydrogens is 1090 g/mol. The second-order valence-electron chi connectivity index (χ2n) is 20.7. The lowest BCUT2D eigenvalue weighted by atomic mass is 10.1. The molecule has 4 aromatic rings. The van der Waals surface area contributed by atoms with E-state index in [9.17, 15) is 47.2 Å². The third kappa shape index (κ3) is 14.6. The quantitative estimate of drug-likeness (QED) is 0.107. The number of carbonyl (C=O) groups excluding carboxylic acids is 1. The number of carbonyl (C=O) groups is 1. The molecule has 0 radical (unpaired) electrons. The number of nitrogens with zero attached hydrogens (tertiary/aromatic N) is 6. The summed E-state index contributed by atoms with van der Waals surface area (Å²) in [5.41, 5.74) is 0.831. The van der Waals surface area contributed by atoms with Gasteiger partial charge in [-0.25, -0.2) is 71.5 Å². The summed E-state index contributed by atoms with van der Waals surface area (Å²) >= 11 is 0. The average molecular weight is 1160 g/mol. The Morgan fingerprint density at radius 3 is 1.33 bits per heavy atom. The molecule has 0 unspecified atom stereocenters. The summed E-state index contributed by atoms with van der Waals surface area (Å²) in [6, 6.07) is 7.68. The minimum absolute atomic E-state index is 0.00999. The van der Waals surface area contributed by atoms with E-state index in [0.29, 0.717) is 112 Å². The molecule has 0 atom stereocenters. The fourth-order valence-corrected chi connectivity index (χ4v) is 14.7. The molecule has 2 aliphatic heterocycles. The number of halogens is 3. The van der Waals surface area contributed by atoms with Crippen LogP contribution in [0.4, 0.5) is 36.6 Å². The first-order chi connectivity index (χ1) is 35.7. The van der Waals surface area contributed by atoms with Crippen LogP contribution in [0.5, 0.6) is 11.8 Å². The molecular formula is C49H63ClF2N8O12S4. The number of hydrogen-bond donors (Lipinski definition) is 2. The van der Waals surface area contributed by atoms with Crippen molar-refractivity contribution in [2.75, 3.05) is 36.8 Å². The van der Waals surface area contributed by atoms with Gasteiger partial charge in [0.1, 0.15) is 53.7 Å². The number of rotatable bonds is 15. The maximum Gasteiger partial charge on any atom is 0.410 e. The number of anilines is 4. The first-order valence-corrected chi connectivity index (χ1v) is 32.2. The molecule has 20 nitrogen and oxygen atoms in total. The van der Waals surface area contributed by atoms with E-state index >= 15 is 0 Å². The zero-order valence-corrected chi connectivity index (χ0v) is 46.8. The minimum atomic E-state index is -3.48. The van der Waals surface area contributed by atoms with Gasteiger partial charge < -0.3 is 29.7 Å². The van der Waals surface area contributed by atoms with Crippen molar-refractivity contribution in [2.24, 2.45) is 0 Å². The van der Waals surface area contributed by atoms with Gasteiger partial charge >= 0.3 is 6.09 Å². The summed E-state index contributed by atoms with van der Waals surface area (Å²) in [5.74, 6) is 0.0439. The standard InChI is InChI=1S/C24H31FN4O5S.C22H27FN4O5S2.C3H5ClO2S/c1-15-21(28-20-8-7-18(13-19(20)25)35(31,32)17-5-6-17)26-14-27-22(15)33-16-9-11-29(12-10-16)23(30)34-24(2,3)4;1-14-21(26-20-7-6-18(12-19(20)23)33(28,29)16-2-3-16)24-13-25-22(14)32-15-8-10-27(11-9-15)34(30,31)17-4-5-17;4-7(5,6)3-1-2-3/h7-8,13-14,16-17H,5-6,9-12H2,1-4H3,(H,26,27,28);6-7,12-13,15-17H,2-5,8-11H2,1H3,(H,24,25,26);3H,1-2H2. The van der Waals surface area contributed by atoms with Crippen molar-refractivity contribution in [3.8, 4) is 11.8 Å². The first-order valence-electron chi connectivity index (χ1n) is 25.2. The van der Waals surface area contributed by atoms with E-state index in [4.69, 9.17) is 24.9 Å². The van der Waals surface area contributed by atoms with Gasteiger partial charge in [-0.05, 0) is 135 Å². The van der Waals surface area contributed by atoms with Gasteiger partial charge in [0.05, 0.1) is 53.3 Å². The number of sulfonamides is 1. The number of sulfone groups is 2. The smallest absolute Gasteiger partial charge is 0.410 e. The highest BCUT2D eigenvalue weighted by molar-refractivity contribution is 8.14. The van der Waals surface area contributed by atoms with Crippen molar-refractivity contribution in [1.82, 2.24) is 29.1 Å². The lowest BCUT2D eigenvalue weighted by Gasteiger charge is -2.33. The van der Waals surface area contributed by atoms with Crippen molar-refractivity contribution >= 4 is 78.5 Å². The molecule has 0 bridgehead atoms. The van der Waals surface area contributed by atoms with Crippen molar-refractivity contribution in [2.45, 2.75) is 160 Å². The second kappa shape index (κ2) is 22.8. The summed E-state index contributed by atoms with van der Waals surface area (Å²) in [7, 11) is -8.39. The molecule has 6 aliphatic rings. The number of hydrogen-bond acceptors (Lipinski definition) is 18. The molecule has 2 N–H and O–H groups in total. The molecule has 4 heterocycles. The van der Waals surface area contributed by atoms with E-state index in [0.717, 1.165) is 37.8 Å². The van der Waals surface area contributed by atoms with Gasteiger partial charge in [-0.2, -0.15) is 0 Å². The summed E-state index contributed by atoms with van der Waals surface area (Å²) in [6.45, 7) is 10.9. The third-order valence-corrected chi connectivity index (χ3v) is 22.3. The fourth-order valence-electron chi connectivity index (χ4n) is 8.23. The lowest BCUT2D eigenvalue weighted by molar-refractivity contribution is 0.0122. The molecule has 10 rings (SSSR count). The van der Waals surface area contributed by atoms with Crippen LogP contribution in [-0.2, 0) is 43.5 Å². The van der Waals surface area contributed by atoms with Gasteiger partial charge in [-0.15, -0.1) is 0 Å². The molecule has 2 aromatic heterocycles. The monoisotopic (exact) mass is 1160 g/mol. The summed E-state index contributed by atoms with van der Waals surface area (Å²) < 4.78 is 143. The number of piperidine rings is 2. The molecule has 4 aliphatic carbocycles. The van der Waals surface area contributed by atoms with Crippen LogP contribution >= 0.6 is 10.7 Å². The molecule has 416 valence electrons. The van der Waals surface area contributed by atoms with Gasteiger partial charge in [0.2, 0.25) is 30.8 Å². The lowest BCUT2D eigenvalue weighted by Crippen LogP contribution is -2.44. The summed E-state index contributed by atoms with van der Waals surface area (Å²) in [6.07, 6.45) is 9.80. The Balaban J connectivity index is 0.000000178. The molecule has 2 saturated heterocycles. The van der Waals surface area contributed by atoms with Crippen LogP contribution in [0.2, 0.25) is 0 Å². The summed E-state index contributed by atoms with van der Waals surface area (Å²) in [5, 5.41) is 4.57. The third-order valence-electron chi connectivity index (χ3n) is 13.3. The number of benzene rings is 2. The Labute approximate surface area is 447 Å². The molecule has 0 spiro atoms. The van der Waals surface area contributed by atoms with E-state index in [1.807, 2.05) is 20.8 Å². The molecule has 76 heavy (non-hydrogen) atoms. The Bertz CT molecular complexity index is 3250. The van der Waals surface area contributed by atoms with Crippen LogP contribution in [0.15, 0.2) is 58.8 Å². The highest BCUT2D eigenvalue weighted by Crippen LogP contribution is 2.38. The number of likely N-dealkylation sites (tertiary alicyclic amines) is 1. The number of aromatic nitrogens is 4. The van der Waals surface area contributed by atoms with Crippen molar-refractivity contribution < 1.29 is 61.5 Å². The number of amides is 1. The van der Waals surface area contributed by atoms with E-state index in [1.54, 1.807) is 23.1 Å². The molecule has 27 heteroatoms. The van der Waals surface area contributed by atoms with Crippen LogP contribution < -0.4 is 20.1 Å². The maximum atomic E-state index is 14.7. The molecule has 6 fully saturated rings. The van der Waals surface area contributed by atoms with E-state index in [-0.39, 0.29) is 50.0 Å². The SMILES string of the molecule is Cc1c(Nc2ccc(S(=O)(=O)C3CC3)cc2F)ncnc1OC1CCN(C(=O)OC(C)(C)C)CC1.Cc1c(Nc2ccc(S(=O)(=O)C3CC3)cc2F)ncnc1OC1CCN(S(=O)(=O)C2CC2)CC1.O=S(=O)(Cl)C1CC1. The second-order valence-corrected chi connectivity index (χ2v) is 30.3. The number of ether oxygens (including phenoxy) is 3. The van der Waals surface area contributed by atoms with E-state index in [2.05, 4.69) is 30.6 Å².